The Balaban J connectivity index is 1.20. The maximum Gasteiger partial charge on any atom is 0.253 e. The quantitative estimate of drug-likeness (QED) is 0.319. The lowest BCUT2D eigenvalue weighted by Gasteiger charge is -2.42. The maximum atomic E-state index is 12.8. The number of allylic oxidation sites excluding steroid dienone is 4. The van der Waals surface area contributed by atoms with E-state index >= 15 is 0 Å². The van der Waals surface area contributed by atoms with Crippen LogP contribution in [-0.4, -0.2) is 47.4 Å². The Morgan fingerprint density at radius 3 is 2.77 bits per heavy atom. The van der Waals surface area contributed by atoms with Crippen molar-refractivity contribution in [3.8, 4) is 6.07 Å². The van der Waals surface area contributed by atoms with E-state index in [1.54, 1.807) is 18.6 Å². The van der Waals surface area contributed by atoms with Crippen LogP contribution in [0.15, 0.2) is 90.4 Å². The molecule has 2 aromatic carbocycles. The molecule has 2 aliphatic heterocycles. The SMILES string of the molecule is Cc1cccc(Cl)c1C(=O)NCCC(C)N1CCC(N(Cc2cccc(C#N)c2)C2=COC=C(C3=CC=CCC3)O2)CC1. The number of hydrogen-bond donors (Lipinski definition) is 1. The maximum absolute atomic E-state index is 12.8. The number of nitrogens with zero attached hydrogens (tertiary/aromatic N) is 3. The molecule has 0 spiro atoms. The van der Waals surface area contributed by atoms with E-state index in [-0.39, 0.29) is 11.9 Å². The standard InChI is InChI=1S/C35H39ClN4O3/c1-25-8-6-13-31(36)34(25)35(41)38-17-14-26(2)39-18-15-30(16-19-39)40(22-28-10-7-9-27(20-28)21-37)33-24-42-23-32(43-33)29-11-4-3-5-12-29/h3-4,6-11,13,20,23-24,26,30H,5,12,14-19,22H2,1-2H3,(H,38,41). The van der Waals surface area contributed by atoms with Crippen LogP contribution in [0.3, 0.4) is 0 Å². The van der Waals surface area contributed by atoms with E-state index in [4.69, 9.17) is 21.1 Å². The molecular weight excluding hydrogens is 560 g/mol. The zero-order valence-electron chi connectivity index (χ0n) is 24.9. The van der Waals surface area contributed by atoms with E-state index in [2.05, 4.69) is 52.4 Å². The third-order valence-corrected chi connectivity index (χ3v) is 8.76. The highest BCUT2D eigenvalue weighted by Crippen LogP contribution is 2.32. The van der Waals surface area contributed by atoms with Crippen molar-refractivity contribution in [3.63, 3.8) is 0 Å². The summed E-state index contributed by atoms with van der Waals surface area (Å²) >= 11 is 6.28. The van der Waals surface area contributed by atoms with Gasteiger partial charge >= 0.3 is 0 Å². The van der Waals surface area contributed by atoms with Gasteiger partial charge in [0.2, 0.25) is 5.88 Å². The van der Waals surface area contributed by atoms with Gasteiger partial charge in [-0.15, -0.1) is 0 Å². The summed E-state index contributed by atoms with van der Waals surface area (Å²) in [6.45, 7) is 7.20. The van der Waals surface area contributed by atoms with E-state index in [9.17, 15) is 10.1 Å². The zero-order valence-corrected chi connectivity index (χ0v) is 25.6. The molecule has 0 radical (unpaired) electrons. The van der Waals surface area contributed by atoms with Crippen LogP contribution in [0.25, 0.3) is 0 Å². The van der Waals surface area contributed by atoms with Crippen molar-refractivity contribution >= 4 is 17.5 Å². The van der Waals surface area contributed by atoms with Gasteiger partial charge in [-0.3, -0.25) is 4.79 Å². The molecular formula is C35H39ClN4O3. The molecule has 1 N–H and O–H groups in total. The third-order valence-electron chi connectivity index (χ3n) is 8.44. The van der Waals surface area contributed by atoms with Crippen LogP contribution in [0.4, 0.5) is 0 Å². The summed E-state index contributed by atoms with van der Waals surface area (Å²) in [6.07, 6.45) is 14.3. The van der Waals surface area contributed by atoms with Crippen LogP contribution in [0, 0.1) is 18.3 Å². The fraction of sp³-hybridized carbons (Fsp3) is 0.371. The first-order chi connectivity index (χ1) is 20.9. The Kier molecular flexibility index (Phi) is 10.2. The number of likely N-dealkylation sites (tertiary alicyclic amines) is 1. The fourth-order valence-corrected chi connectivity index (χ4v) is 6.24. The molecule has 1 atom stereocenters. The van der Waals surface area contributed by atoms with Gasteiger partial charge in [0.25, 0.3) is 5.91 Å². The van der Waals surface area contributed by atoms with E-state index < -0.39 is 0 Å². The second-order valence-corrected chi connectivity index (χ2v) is 11.8. The van der Waals surface area contributed by atoms with Crippen LogP contribution in [-0.2, 0) is 16.0 Å². The lowest BCUT2D eigenvalue weighted by molar-refractivity contribution is 0.0478. The Hall–Kier alpha value is -3.99. The minimum absolute atomic E-state index is 0.124. The average Bonchev–Trinajstić information content (AvgIpc) is 3.04. The Labute approximate surface area is 259 Å². The van der Waals surface area contributed by atoms with Gasteiger partial charge in [0.15, 0.2) is 12.0 Å². The molecule has 224 valence electrons. The van der Waals surface area contributed by atoms with Gasteiger partial charge < -0.3 is 24.6 Å². The monoisotopic (exact) mass is 598 g/mol. The number of ether oxygens (including phenoxy) is 2. The van der Waals surface area contributed by atoms with Gasteiger partial charge in [0.05, 0.1) is 22.2 Å². The zero-order chi connectivity index (χ0) is 30.2. The van der Waals surface area contributed by atoms with Gasteiger partial charge in [-0.05, 0) is 80.9 Å². The van der Waals surface area contributed by atoms with Crippen LogP contribution < -0.4 is 5.32 Å². The first-order valence-corrected chi connectivity index (χ1v) is 15.4. The number of piperidine rings is 1. The summed E-state index contributed by atoms with van der Waals surface area (Å²) in [6, 6.07) is 16.1. The number of carbonyl (C=O) groups excluding carboxylic acids is 1. The number of hydrogen-bond acceptors (Lipinski definition) is 6. The Bertz CT molecular complexity index is 1460. The summed E-state index contributed by atoms with van der Waals surface area (Å²) in [5.41, 5.74) is 4.25. The Morgan fingerprint density at radius 2 is 2.02 bits per heavy atom. The molecule has 1 fully saturated rings. The van der Waals surface area contributed by atoms with Crippen molar-refractivity contribution in [1.82, 2.24) is 15.1 Å². The fourth-order valence-electron chi connectivity index (χ4n) is 5.94. The van der Waals surface area contributed by atoms with Crippen LogP contribution >= 0.6 is 11.6 Å². The highest BCUT2D eigenvalue weighted by Gasteiger charge is 2.31. The number of benzene rings is 2. The van der Waals surface area contributed by atoms with Gasteiger partial charge in [-0.1, -0.05) is 54.1 Å². The number of rotatable bonds is 10. The van der Waals surface area contributed by atoms with Crippen molar-refractivity contribution in [2.75, 3.05) is 19.6 Å². The van der Waals surface area contributed by atoms with Crippen LogP contribution in [0.1, 0.15) is 66.1 Å². The molecule has 8 heteroatoms. The molecule has 0 bridgehead atoms. The second-order valence-electron chi connectivity index (χ2n) is 11.4. The predicted molar refractivity (Wildman–Crippen MR) is 169 cm³/mol. The number of nitriles is 1. The molecule has 0 saturated carbocycles. The van der Waals surface area contributed by atoms with Crippen LogP contribution in [0.2, 0.25) is 5.02 Å². The molecule has 0 aromatic heterocycles. The lowest BCUT2D eigenvalue weighted by Crippen LogP contribution is -2.48. The van der Waals surface area contributed by atoms with Crippen molar-refractivity contribution in [1.29, 1.82) is 5.26 Å². The molecule has 43 heavy (non-hydrogen) atoms. The summed E-state index contributed by atoms with van der Waals surface area (Å²) in [5.74, 6) is 1.32. The third kappa shape index (κ3) is 7.70. The van der Waals surface area contributed by atoms with Crippen molar-refractivity contribution in [2.24, 2.45) is 0 Å². The normalized spacial score (nSPS) is 17.9. The molecule has 5 rings (SSSR count). The molecule has 1 amide bonds. The highest BCUT2D eigenvalue weighted by atomic mass is 35.5. The van der Waals surface area contributed by atoms with Crippen LogP contribution in [0.5, 0.6) is 0 Å². The minimum Gasteiger partial charge on any atom is -0.463 e. The highest BCUT2D eigenvalue weighted by molar-refractivity contribution is 6.34. The van der Waals surface area contributed by atoms with Crippen molar-refractivity contribution < 1.29 is 14.3 Å². The molecule has 1 unspecified atom stereocenters. The largest absolute Gasteiger partial charge is 0.463 e. The summed E-state index contributed by atoms with van der Waals surface area (Å²) in [4.78, 5) is 17.5. The average molecular weight is 599 g/mol. The topological polar surface area (TPSA) is 77.8 Å². The van der Waals surface area contributed by atoms with E-state index in [0.29, 0.717) is 41.2 Å². The first kappa shape index (κ1) is 30.5. The predicted octanol–water partition coefficient (Wildman–Crippen LogP) is 6.96. The second kappa shape index (κ2) is 14.5. The van der Waals surface area contributed by atoms with E-state index in [0.717, 1.165) is 67.7 Å². The van der Waals surface area contributed by atoms with Gasteiger partial charge in [-0.2, -0.15) is 5.26 Å². The van der Waals surface area contributed by atoms with Crippen molar-refractivity contribution in [3.05, 3.63) is 118 Å². The van der Waals surface area contributed by atoms with Crippen molar-refractivity contribution in [2.45, 2.75) is 64.6 Å². The lowest BCUT2D eigenvalue weighted by atomic mass is 9.99. The van der Waals surface area contributed by atoms with E-state index in [1.165, 1.54) is 0 Å². The molecule has 3 aliphatic rings. The summed E-state index contributed by atoms with van der Waals surface area (Å²) in [7, 11) is 0. The number of carbonyl (C=O) groups is 1. The molecule has 1 saturated heterocycles. The number of aryl methyl sites for hydroxylation is 1. The molecule has 2 aromatic rings. The minimum atomic E-state index is -0.124. The molecule has 7 nitrogen and oxygen atoms in total. The van der Waals surface area contributed by atoms with E-state index in [1.807, 2.05) is 37.3 Å². The molecule has 1 aliphatic carbocycles. The number of halogens is 1. The molecule has 2 heterocycles. The van der Waals surface area contributed by atoms with Gasteiger partial charge in [0, 0.05) is 38.3 Å². The summed E-state index contributed by atoms with van der Waals surface area (Å²) < 4.78 is 12.3. The van der Waals surface area contributed by atoms with Gasteiger partial charge in [0.1, 0.15) is 6.26 Å². The smallest absolute Gasteiger partial charge is 0.253 e. The summed E-state index contributed by atoms with van der Waals surface area (Å²) in [5, 5.41) is 13.0. The van der Waals surface area contributed by atoms with Gasteiger partial charge in [-0.25, -0.2) is 0 Å². The number of nitrogens with one attached hydrogen (secondary N) is 1. The number of amides is 1. The first-order valence-electron chi connectivity index (χ1n) is 15.1. The Morgan fingerprint density at radius 1 is 1.21 bits per heavy atom.